The van der Waals surface area contributed by atoms with Gasteiger partial charge in [0.05, 0.1) is 6.26 Å². The smallest absolute Gasteiger partial charge is 0.207 e. The number of sulfonamides is 1. The molecule has 3 aromatic rings. The SMILES string of the molecule is CN(c1ncccc1CNc1nc(Nc2cccc(C(=O)NCC[As](C)C)c2)ncc1C(F)(F)F)S(C)(=O)=O. The fourth-order valence-corrected chi connectivity index (χ4v) is 4.99. The number of carbonyl (C=O) groups is 1. The molecule has 39 heavy (non-hydrogen) atoms. The van der Waals surface area contributed by atoms with Gasteiger partial charge in [0.15, 0.2) is 0 Å². The van der Waals surface area contributed by atoms with E-state index in [4.69, 9.17) is 0 Å². The molecule has 1 aromatic carbocycles. The number of nitrogens with zero attached hydrogens (tertiary/aromatic N) is 4. The molecular formula is C24H29AsF3N7O3S. The van der Waals surface area contributed by atoms with Crippen molar-refractivity contribution >= 4 is 53.9 Å². The molecule has 10 nitrogen and oxygen atoms in total. The van der Waals surface area contributed by atoms with Crippen molar-refractivity contribution in [2.75, 3.05) is 34.8 Å². The molecule has 0 spiro atoms. The number of aromatic nitrogens is 3. The predicted octanol–water partition coefficient (Wildman–Crippen LogP) is 4.13. The first-order valence-electron chi connectivity index (χ1n) is 11.6. The van der Waals surface area contributed by atoms with Crippen molar-refractivity contribution in [1.82, 2.24) is 20.3 Å². The Labute approximate surface area is 229 Å². The summed E-state index contributed by atoms with van der Waals surface area (Å²) in [5.74, 6) is -0.825. The van der Waals surface area contributed by atoms with Crippen molar-refractivity contribution in [2.24, 2.45) is 0 Å². The quantitative estimate of drug-likeness (QED) is 0.271. The molecule has 0 aliphatic rings. The van der Waals surface area contributed by atoms with Crippen molar-refractivity contribution in [3.8, 4) is 0 Å². The molecular weight excluding hydrogens is 598 g/mol. The second-order valence-electron chi connectivity index (χ2n) is 8.79. The molecule has 0 aliphatic heterocycles. The van der Waals surface area contributed by atoms with Crippen LogP contribution in [0.1, 0.15) is 21.5 Å². The number of hydrogen-bond donors (Lipinski definition) is 3. The fourth-order valence-electron chi connectivity index (χ4n) is 3.33. The van der Waals surface area contributed by atoms with Gasteiger partial charge in [-0.2, -0.15) is 13.2 Å². The van der Waals surface area contributed by atoms with Crippen molar-refractivity contribution < 1.29 is 26.4 Å². The molecule has 0 saturated carbocycles. The van der Waals surface area contributed by atoms with E-state index in [9.17, 15) is 26.4 Å². The van der Waals surface area contributed by atoms with Crippen LogP contribution in [0.5, 0.6) is 0 Å². The topological polar surface area (TPSA) is 129 Å². The molecule has 15 heteroatoms. The number of anilines is 4. The third-order valence-corrected chi connectivity index (χ3v) is 8.94. The van der Waals surface area contributed by atoms with Crippen LogP contribution in [0, 0.1) is 0 Å². The third-order valence-electron chi connectivity index (χ3n) is 5.43. The van der Waals surface area contributed by atoms with E-state index in [1.165, 1.54) is 13.2 Å². The van der Waals surface area contributed by atoms with E-state index in [1.54, 1.807) is 36.4 Å². The molecule has 0 atom stereocenters. The number of hydrogen-bond acceptors (Lipinski definition) is 8. The number of pyridine rings is 1. The van der Waals surface area contributed by atoms with Crippen LogP contribution >= 0.6 is 0 Å². The van der Waals surface area contributed by atoms with Gasteiger partial charge in [0, 0.05) is 25.4 Å². The molecule has 2 aromatic heterocycles. The molecule has 210 valence electrons. The van der Waals surface area contributed by atoms with Crippen LogP contribution in [0.2, 0.25) is 16.6 Å². The molecule has 0 aliphatic carbocycles. The normalized spacial score (nSPS) is 11.8. The van der Waals surface area contributed by atoms with Crippen LogP contribution in [0.25, 0.3) is 0 Å². The molecule has 0 bridgehead atoms. The van der Waals surface area contributed by atoms with Crippen molar-refractivity contribution in [1.29, 1.82) is 0 Å². The molecule has 3 N–H and O–H groups in total. The van der Waals surface area contributed by atoms with Gasteiger partial charge in [0.2, 0.25) is 10.0 Å². The van der Waals surface area contributed by atoms with Crippen LogP contribution in [-0.2, 0) is 22.7 Å². The minimum atomic E-state index is -4.75. The average molecular weight is 628 g/mol. The molecule has 3 rings (SSSR count). The first kappa shape index (κ1) is 30.2. The Kier molecular flexibility index (Phi) is 9.78. The van der Waals surface area contributed by atoms with Crippen LogP contribution in [-0.4, -0.2) is 63.8 Å². The zero-order valence-electron chi connectivity index (χ0n) is 21.7. The Morgan fingerprint density at radius 1 is 1.13 bits per heavy atom. The van der Waals surface area contributed by atoms with Gasteiger partial charge in [-0.25, -0.2) is 13.4 Å². The van der Waals surface area contributed by atoms with Crippen molar-refractivity contribution in [3.63, 3.8) is 0 Å². The summed E-state index contributed by atoms with van der Waals surface area (Å²) in [5, 5.41) is 9.31. The minimum Gasteiger partial charge on any atom is -0.207 e. The number of benzene rings is 1. The summed E-state index contributed by atoms with van der Waals surface area (Å²) >= 11 is -0.868. The van der Waals surface area contributed by atoms with E-state index >= 15 is 0 Å². The Hall–Kier alpha value is -3.38. The first-order valence-corrected chi connectivity index (χ1v) is 18.5. The van der Waals surface area contributed by atoms with Crippen LogP contribution < -0.4 is 20.3 Å². The number of nitrogens with one attached hydrogen (secondary N) is 3. The van der Waals surface area contributed by atoms with Gasteiger partial charge in [-0.05, 0) is 6.07 Å². The molecule has 2 heterocycles. The molecule has 0 unspecified atom stereocenters. The molecule has 0 saturated heterocycles. The second-order valence-corrected chi connectivity index (χ2v) is 16.3. The monoisotopic (exact) mass is 627 g/mol. The average Bonchev–Trinajstić information content (AvgIpc) is 2.86. The van der Waals surface area contributed by atoms with E-state index in [0.717, 1.165) is 15.8 Å². The zero-order valence-corrected chi connectivity index (χ0v) is 24.4. The standard InChI is InChI=1S/C24H29AsF3N7O3S/c1-25(2)10-12-30-22(36)16-7-5-9-18(13-16)33-23-32-15-19(24(26,27)28)20(34-23)31-14-17-8-6-11-29-21(17)35(3)39(4,37)38/h5-9,11,13,15H,10,12,14H2,1-4H3,(H,30,36)(H2,31,32,33,34). The Balaban J connectivity index is 1.83. The Morgan fingerprint density at radius 3 is 2.54 bits per heavy atom. The van der Waals surface area contributed by atoms with Crippen LogP contribution in [0.4, 0.5) is 36.4 Å². The summed E-state index contributed by atoms with van der Waals surface area (Å²) in [7, 11) is -2.35. The summed E-state index contributed by atoms with van der Waals surface area (Å²) in [6, 6.07) is 9.55. The van der Waals surface area contributed by atoms with Crippen molar-refractivity contribution in [3.05, 3.63) is 65.5 Å². The third kappa shape index (κ3) is 8.55. The first-order chi connectivity index (χ1) is 18.3. The van der Waals surface area contributed by atoms with Gasteiger partial charge >= 0.3 is 140 Å². The predicted molar refractivity (Wildman–Crippen MR) is 146 cm³/mol. The number of rotatable bonds is 11. The van der Waals surface area contributed by atoms with Crippen LogP contribution in [0.15, 0.2) is 48.8 Å². The van der Waals surface area contributed by atoms with E-state index in [0.29, 0.717) is 29.6 Å². The molecule has 0 radical (unpaired) electrons. The minimum absolute atomic E-state index is 0.0689. The van der Waals surface area contributed by atoms with Gasteiger partial charge in [-0.1, -0.05) is 6.07 Å². The second kappa shape index (κ2) is 12.6. The van der Waals surface area contributed by atoms with E-state index in [2.05, 4.69) is 42.3 Å². The van der Waals surface area contributed by atoms with E-state index in [1.807, 2.05) is 0 Å². The Bertz CT molecular complexity index is 1420. The maximum absolute atomic E-state index is 13.7. The van der Waals surface area contributed by atoms with Gasteiger partial charge in [-0.3, -0.25) is 4.31 Å². The zero-order chi connectivity index (χ0) is 28.8. The number of alkyl halides is 3. The maximum atomic E-state index is 13.7. The fraction of sp³-hybridized carbons (Fsp3) is 0.333. The molecule has 1 amide bonds. The summed E-state index contributed by atoms with van der Waals surface area (Å²) in [5.41, 5.74) is 4.43. The van der Waals surface area contributed by atoms with Crippen LogP contribution in [0.3, 0.4) is 0 Å². The van der Waals surface area contributed by atoms with Gasteiger partial charge < -0.3 is 0 Å². The summed E-state index contributed by atoms with van der Waals surface area (Å²) in [4.78, 5) is 24.3. The van der Waals surface area contributed by atoms with Gasteiger partial charge in [0.1, 0.15) is 5.82 Å². The summed E-state index contributed by atoms with van der Waals surface area (Å²) < 4.78 is 66.0. The van der Waals surface area contributed by atoms with Gasteiger partial charge in [-0.15, -0.1) is 0 Å². The summed E-state index contributed by atoms with van der Waals surface area (Å²) in [6.07, 6.45) is -1.72. The number of halogens is 3. The molecule has 0 fully saturated rings. The van der Waals surface area contributed by atoms with Gasteiger partial charge in [0.25, 0.3) is 0 Å². The number of amides is 1. The Morgan fingerprint density at radius 2 is 1.87 bits per heavy atom. The van der Waals surface area contributed by atoms with Crippen molar-refractivity contribution in [2.45, 2.75) is 29.4 Å². The van der Waals surface area contributed by atoms with E-state index in [-0.39, 0.29) is 24.2 Å². The number of carbonyl (C=O) groups excluding carboxylic acids is 1. The van der Waals surface area contributed by atoms with E-state index < -0.39 is 42.2 Å². The summed E-state index contributed by atoms with van der Waals surface area (Å²) in [6.45, 7) is 0.386.